The molecule has 35 heavy (non-hydrogen) atoms. The topological polar surface area (TPSA) is 129 Å². The maximum atomic E-state index is 12.3. The number of primary amides is 1. The highest BCUT2D eigenvalue weighted by Crippen LogP contribution is 2.54. The van der Waals surface area contributed by atoms with Crippen molar-refractivity contribution in [2.24, 2.45) is 11.1 Å². The van der Waals surface area contributed by atoms with Crippen LogP contribution < -0.4 is 16.2 Å². The summed E-state index contributed by atoms with van der Waals surface area (Å²) >= 11 is 0. The predicted octanol–water partition coefficient (Wildman–Crippen LogP) is 3.00. The third-order valence-corrected chi connectivity index (χ3v) is 6.79. The molecule has 1 aliphatic heterocycles. The van der Waals surface area contributed by atoms with Gasteiger partial charge in [0, 0.05) is 13.1 Å². The van der Waals surface area contributed by atoms with Crippen LogP contribution in [0.25, 0.3) is 11.4 Å². The van der Waals surface area contributed by atoms with Gasteiger partial charge in [-0.15, -0.1) is 0 Å². The number of likely N-dealkylation sites (tertiary alicyclic amines) is 1. The fourth-order valence-corrected chi connectivity index (χ4v) is 5.09. The summed E-state index contributed by atoms with van der Waals surface area (Å²) in [7, 11) is 0. The fourth-order valence-electron chi connectivity index (χ4n) is 5.09. The first-order valence-electron chi connectivity index (χ1n) is 11.5. The maximum Gasteiger partial charge on any atom is 0.298 e. The van der Waals surface area contributed by atoms with Crippen LogP contribution in [-0.2, 0) is 4.79 Å². The zero-order chi connectivity index (χ0) is 24.6. The molecule has 1 spiro atoms. The van der Waals surface area contributed by atoms with E-state index >= 15 is 0 Å². The first-order valence-corrected chi connectivity index (χ1v) is 11.5. The van der Waals surface area contributed by atoms with Gasteiger partial charge >= 0.3 is 0 Å². The minimum absolute atomic E-state index is 0.0230. The molecule has 5 rings (SSSR count). The van der Waals surface area contributed by atoms with E-state index in [2.05, 4.69) is 21.9 Å². The van der Waals surface area contributed by atoms with Crippen LogP contribution in [0.2, 0.25) is 0 Å². The summed E-state index contributed by atoms with van der Waals surface area (Å²) in [6, 6.07) is 12.9. The van der Waals surface area contributed by atoms with E-state index in [-0.39, 0.29) is 28.7 Å². The Morgan fingerprint density at radius 3 is 2.57 bits per heavy atom. The van der Waals surface area contributed by atoms with E-state index in [0.29, 0.717) is 36.0 Å². The number of amides is 2. The number of hydrogen-bond donors (Lipinski definition) is 2. The number of anilines is 1. The van der Waals surface area contributed by atoms with E-state index in [1.807, 2.05) is 35.2 Å². The Bertz CT molecular complexity index is 1330. The molecule has 4 N–H and O–H groups in total. The molecule has 2 aliphatic rings. The molecular formula is C26H26N6O3. The number of nitrogen functional groups attached to an aromatic ring is 1. The third kappa shape index (κ3) is 4.19. The summed E-state index contributed by atoms with van der Waals surface area (Å²) in [6.07, 6.45) is 4.13. The fraction of sp³-hybridized carbons (Fsp3) is 0.308. The first kappa shape index (κ1) is 22.5. The number of rotatable bonds is 5. The summed E-state index contributed by atoms with van der Waals surface area (Å²) in [5.41, 5.74) is 13.1. The van der Waals surface area contributed by atoms with Crippen LogP contribution >= 0.6 is 0 Å². The van der Waals surface area contributed by atoms with Crippen molar-refractivity contribution in [2.75, 3.05) is 18.8 Å². The van der Waals surface area contributed by atoms with E-state index in [9.17, 15) is 9.59 Å². The smallest absolute Gasteiger partial charge is 0.298 e. The van der Waals surface area contributed by atoms with Crippen LogP contribution in [0.4, 0.5) is 5.82 Å². The first-order chi connectivity index (χ1) is 16.9. The Morgan fingerprint density at radius 1 is 1.14 bits per heavy atom. The Hall–Kier alpha value is -4.32. The van der Waals surface area contributed by atoms with Gasteiger partial charge in [0.25, 0.3) is 11.8 Å². The molecule has 1 aliphatic carbocycles. The van der Waals surface area contributed by atoms with Crippen molar-refractivity contribution in [3.8, 4) is 34.7 Å². The predicted molar refractivity (Wildman–Crippen MR) is 130 cm³/mol. The van der Waals surface area contributed by atoms with E-state index < -0.39 is 5.91 Å². The lowest BCUT2D eigenvalue weighted by Gasteiger charge is -2.45. The lowest BCUT2D eigenvalue weighted by molar-refractivity contribution is -0.125. The average molecular weight is 471 g/mol. The summed E-state index contributed by atoms with van der Waals surface area (Å²) in [5, 5.41) is 4.66. The lowest BCUT2D eigenvalue weighted by Crippen LogP contribution is -2.42. The Labute approximate surface area is 203 Å². The van der Waals surface area contributed by atoms with Gasteiger partial charge in [-0.2, -0.15) is 5.10 Å². The van der Waals surface area contributed by atoms with Crippen LogP contribution in [0.5, 0.6) is 11.5 Å². The van der Waals surface area contributed by atoms with Gasteiger partial charge in [-0.05, 0) is 61.8 Å². The zero-order valence-corrected chi connectivity index (χ0v) is 19.4. The standard InChI is InChI=1S/C26H26N6O3/c1-2-6-21(33)31-12-11-26(16-31)13-17(14-26)32-24(27)22(25(28)34)23(30-32)20-10-9-19(15-29-20)35-18-7-4-3-5-8-18/h3-5,7-10,15,17H,11-14,16,27H2,1H3,(H2,28,34)/t17-,26+. The van der Waals surface area contributed by atoms with Crippen LogP contribution in [0.15, 0.2) is 48.7 Å². The Kier molecular flexibility index (Phi) is 5.65. The average Bonchev–Trinajstić information content (AvgIpc) is 3.42. The molecule has 1 saturated carbocycles. The lowest BCUT2D eigenvalue weighted by atomic mass is 9.65. The van der Waals surface area contributed by atoms with Crippen molar-refractivity contribution in [2.45, 2.75) is 32.2 Å². The molecule has 9 heteroatoms. The van der Waals surface area contributed by atoms with Crippen LogP contribution in [0.1, 0.15) is 42.6 Å². The van der Waals surface area contributed by atoms with Gasteiger partial charge in [0.15, 0.2) is 0 Å². The molecule has 0 atom stereocenters. The minimum Gasteiger partial charge on any atom is -0.456 e. The number of para-hydroxylation sites is 1. The molecule has 2 amide bonds. The van der Waals surface area contributed by atoms with E-state index in [0.717, 1.165) is 19.3 Å². The van der Waals surface area contributed by atoms with Gasteiger partial charge < -0.3 is 21.1 Å². The highest BCUT2D eigenvalue weighted by atomic mass is 16.5. The van der Waals surface area contributed by atoms with Crippen LogP contribution in [0, 0.1) is 17.3 Å². The summed E-state index contributed by atoms with van der Waals surface area (Å²) < 4.78 is 7.48. The molecule has 0 bridgehead atoms. The molecule has 9 nitrogen and oxygen atoms in total. The Balaban J connectivity index is 1.35. The van der Waals surface area contributed by atoms with Gasteiger partial charge in [-0.1, -0.05) is 24.1 Å². The van der Waals surface area contributed by atoms with Gasteiger partial charge in [-0.3, -0.25) is 14.6 Å². The highest BCUT2D eigenvalue weighted by molar-refractivity contribution is 6.03. The minimum atomic E-state index is -0.653. The molecule has 3 heterocycles. The quantitative estimate of drug-likeness (QED) is 0.552. The van der Waals surface area contributed by atoms with Crippen molar-refractivity contribution in [3.05, 3.63) is 54.2 Å². The number of carbonyl (C=O) groups excluding carboxylic acids is 2. The molecule has 3 aromatic rings. The molecule has 178 valence electrons. The van der Waals surface area contributed by atoms with E-state index in [4.69, 9.17) is 16.2 Å². The monoisotopic (exact) mass is 470 g/mol. The van der Waals surface area contributed by atoms with Gasteiger partial charge in [0.1, 0.15) is 28.6 Å². The second-order valence-electron chi connectivity index (χ2n) is 9.13. The highest BCUT2D eigenvalue weighted by Gasteiger charge is 2.51. The van der Waals surface area contributed by atoms with Crippen molar-refractivity contribution in [1.29, 1.82) is 0 Å². The number of pyridine rings is 1. The van der Waals surface area contributed by atoms with Crippen molar-refractivity contribution < 1.29 is 14.3 Å². The summed E-state index contributed by atoms with van der Waals surface area (Å²) in [5.74, 6) is 6.00. The molecule has 1 aromatic carbocycles. The number of aromatic nitrogens is 3. The van der Waals surface area contributed by atoms with Crippen LogP contribution in [0.3, 0.4) is 0 Å². The number of ether oxygens (including phenoxy) is 1. The second-order valence-corrected chi connectivity index (χ2v) is 9.13. The summed E-state index contributed by atoms with van der Waals surface area (Å²) in [4.78, 5) is 30.7. The number of hydrogen-bond acceptors (Lipinski definition) is 6. The normalized spacial score (nSPS) is 20.7. The van der Waals surface area contributed by atoms with Crippen molar-refractivity contribution in [1.82, 2.24) is 19.7 Å². The number of carbonyl (C=O) groups is 2. The molecule has 1 saturated heterocycles. The molecule has 2 aromatic heterocycles. The van der Waals surface area contributed by atoms with E-state index in [1.165, 1.54) is 0 Å². The second kappa shape index (κ2) is 8.80. The van der Waals surface area contributed by atoms with Gasteiger partial charge in [-0.25, -0.2) is 4.68 Å². The summed E-state index contributed by atoms with van der Waals surface area (Å²) in [6.45, 7) is 3.04. The third-order valence-electron chi connectivity index (χ3n) is 6.79. The van der Waals surface area contributed by atoms with Gasteiger partial charge in [0.2, 0.25) is 0 Å². The zero-order valence-electron chi connectivity index (χ0n) is 19.4. The molecule has 0 unspecified atom stereocenters. The maximum absolute atomic E-state index is 12.3. The van der Waals surface area contributed by atoms with Crippen LogP contribution in [-0.4, -0.2) is 44.6 Å². The van der Waals surface area contributed by atoms with E-state index in [1.54, 1.807) is 29.9 Å². The molecular weight excluding hydrogens is 444 g/mol. The Morgan fingerprint density at radius 2 is 1.91 bits per heavy atom. The number of nitrogens with two attached hydrogens (primary N) is 2. The molecule has 2 fully saturated rings. The molecule has 0 radical (unpaired) electrons. The van der Waals surface area contributed by atoms with Crippen molar-refractivity contribution >= 4 is 17.6 Å². The number of benzene rings is 1. The largest absolute Gasteiger partial charge is 0.456 e. The van der Waals surface area contributed by atoms with Crippen molar-refractivity contribution in [3.63, 3.8) is 0 Å². The SMILES string of the molecule is CC#CC(=O)N1CC[C@]2(C1)C[C@@H](n1nc(-c3ccc(Oc4ccccc4)cn3)c(C(N)=O)c1N)C2. The van der Waals surface area contributed by atoms with Gasteiger partial charge in [0.05, 0.1) is 17.9 Å². The number of nitrogens with zero attached hydrogens (tertiary/aromatic N) is 4.